The third-order valence-corrected chi connectivity index (χ3v) is 3.58. The van der Waals surface area contributed by atoms with Crippen molar-refractivity contribution < 1.29 is 18.3 Å². The molecule has 3 rings (SSSR count). The highest BCUT2D eigenvalue weighted by atomic mass is 19.1. The number of ether oxygens (including phenoxy) is 1. The molecule has 1 heterocycles. The van der Waals surface area contributed by atoms with Gasteiger partial charge in [0.25, 0.3) is 5.91 Å². The van der Waals surface area contributed by atoms with E-state index in [1.54, 1.807) is 13.2 Å². The van der Waals surface area contributed by atoms with Gasteiger partial charge in [0.2, 0.25) is 0 Å². The van der Waals surface area contributed by atoms with Crippen LogP contribution in [0.25, 0.3) is 10.8 Å². The Kier molecular flexibility index (Phi) is 4.29. The number of halogens is 1. The number of hydrogen-bond donors (Lipinski definition) is 1. The van der Waals surface area contributed by atoms with Crippen molar-refractivity contribution in [2.75, 3.05) is 7.11 Å². The summed E-state index contributed by atoms with van der Waals surface area (Å²) in [7, 11) is 1.54. The van der Waals surface area contributed by atoms with Crippen LogP contribution in [-0.2, 0) is 6.54 Å². The summed E-state index contributed by atoms with van der Waals surface area (Å²) in [5.74, 6) is -0.561. The van der Waals surface area contributed by atoms with Crippen molar-refractivity contribution in [1.82, 2.24) is 5.32 Å². The van der Waals surface area contributed by atoms with Crippen molar-refractivity contribution >= 4 is 16.7 Å². The van der Waals surface area contributed by atoms with Gasteiger partial charge in [0.05, 0.1) is 12.5 Å². The maximum atomic E-state index is 13.2. The summed E-state index contributed by atoms with van der Waals surface area (Å²) in [5.41, 5.74) is 0.0352. The molecule has 0 fully saturated rings. The van der Waals surface area contributed by atoms with Crippen LogP contribution < -0.4 is 15.7 Å². The molecule has 0 radical (unpaired) electrons. The average Bonchev–Trinajstić information content (AvgIpc) is 2.60. The maximum absolute atomic E-state index is 13.2. The lowest BCUT2D eigenvalue weighted by Crippen LogP contribution is -2.24. The monoisotopic (exact) mass is 327 g/mol. The fraction of sp³-hybridized carbons (Fsp3) is 0.111. The van der Waals surface area contributed by atoms with E-state index in [9.17, 15) is 14.0 Å². The molecule has 0 spiro atoms. The van der Waals surface area contributed by atoms with E-state index in [0.29, 0.717) is 11.1 Å². The van der Waals surface area contributed by atoms with Gasteiger partial charge in [-0.05, 0) is 29.7 Å². The second kappa shape index (κ2) is 6.54. The molecule has 3 aromatic rings. The number of benzene rings is 2. The first-order chi connectivity index (χ1) is 11.6. The average molecular weight is 327 g/mol. The lowest BCUT2D eigenvalue weighted by atomic mass is 10.1. The first-order valence-corrected chi connectivity index (χ1v) is 7.22. The summed E-state index contributed by atoms with van der Waals surface area (Å²) in [6, 6.07) is 12.4. The van der Waals surface area contributed by atoms with Crippen LogP contribution in [0.15, 0.2) is 57.7 Å². The van der Waals surface area contributed by atoms with Crippen LogP contribution in [0.3, 0.4) is 0 Å². The van der Waals surface area contributed by atoms with Crippen molar-refractivity contribution in [2.24, 2.45) is 0 Å². The van der Waals surface area contributed by atoms with E-state index in [1.807, 2.05) is 18.2 Å². The van der Waals surface area contributed by atoms with E-state index in [4.69, 9.17) is 9.15 Å². The molecule has 0 saturated heterocycles. The fourth-order valence-corrected chi connectivity index (χ4v) is 2.38. The number of hydrogen-bond acceptors (Lipinski definition) is 4. The van der Waals surface area contributed by atoms with Crippen molar-refractivity contribution in [3.63, 3.8) is 0 Å². The molecule has 0 unspecified atom stereocenters. The molecule has 1 N–H and O–H groups in total. The van der Waals surface area contributed by atoms with E-state index >= 15 is 0 Å². The van der Waals surface area contributed by atoms with Crippen molar-refractivity contribution in [2.45, 2.75) is 6.54 Å². The van der Waals surface area contributed by atoms with E-state index in [-0.39, 0.29) is 17.7 Å². The van der Waals surface area contributed by atoms with Crippen LogP contribution in [0.2, 0.25) is 0 Å². The van der Waals surface area contributed by atoms with Crippen LogP contribution in [0.5, 0.6) is 5.75 Å². The summed E-state index contributed by atoms with van der Waals surface area (Å²) < 4.78 is 23.4. The Morgan fingerprint density at radius 1 is 1.21 bits per heavy atom. The van der Waals surface area contributed by atoms with Crippen molar-refractivity contribution in [3.05, 3.63) is 76.1 Å². The molecule has 0 aliphatic rings. The Morgan fingerprint density at radius 2 is 2.00 bits per heavy atom. The molecule has 24 heavy (non-hydrogen) atoms. The molecular weight excluding hydrogens is 313 g/mol. The molecule has 122 valence electrons. The molecular formula is C18H14FNO4. The summed E-state index contributed by atoms with van der Waals surface area (Å²) in [5, 5.41) is 3.20. The summed E-state index contributed by atoms with van der Waals surface area (Å²) >= 11 is 0. The zero-order valence-corrected chi connectivity index (χ0v) is 12.8. The van der Waals surface area contributed by atoms with Gasteiger partial charge < -0.3 is 14.5 Å². The summed E-state index contributed by atoms with van der Waals surface area (Å²) in [6.07, 6.45) is 0. The Bertz CT molecular complexity index is 965. The molecule has 0 aliphatic heterocycles. The first kappa shape index (κ1) is 15.7. The molecule has 0 bridgehead atoms. The predicted molar refractivity (Wildman–Crippen MR) is 86.6 cm³/mol. The largest absolute Gasteiger partial charge is 0.496 e. The normalized spacial score (nSPS) is 10.6. The van der Waals surface area contributed by atoms with E-state index < -0.39 is 17.3 Å². The Balaban J connectivity index is 1.84. The number of amides is 1. The molecule has 1 amide bonds. The van der Waals surface area contributed by atoms with Gasteiger partial charge in [-0.2, -0.15) is 0 Å². The topological polar surface area (TPSA) is 68.5 Å². The quantitative estimate of drug-likeness (QED) is 0.800. The van der Waals surface area contributed by atoms with Crippen LogP contribution in [-0.4, -0.2) is 13.0 Å². The minimum absolute atomic E-state index is 0.0938. The minimum atomic E-state index is -0.755. The van der Waals surface area contributed by atoms with E-state index in [0.717, 1.165) is 11.6 Å². The Morgan fingerprint density at radius 3 is 2.79 bits per heavy atom. The number of carbonyl (C=O) groups is 1. The van der Waals surface area contributed by atoms with Gasteiger partial charge in [0, 0.05) is 12.1 Å². The SMILES string of the molecule is COc1ccccc1CNC(=O)c1cc2ccc(F)cc2c(=O)o1. The maximum Gasteiger partial charge on any atom is 0.344 e. The molecule has 5 nitrogen and oxygen atoms in total. The van der Waals surface area contributed by atoms with Crippen LogP contribution >= 0.6 is 0 Å². The van der Waals surface area contributed by atoms with Crippen molar-refractivity contribution in [3.8, 4) is 5.75 Å². The van der Waals surface area contributed by atoms with Gasteiger partial charge in [0.1, 0.15) is 11.6 Å². The Labute approximate surface area is 136 Å². The predicted octanol–water partition coefficient (Wildman–Crippen LogP) is 2.87. The third-order valence-electron chi connectivity index (χ3n) is 3.58. The summed E-state index contributed by atoms with van der Waals surface area (Å²) in [4.78, 5) is 24.1. The second-order valence-corrected chi connectivity index (χ2v) is 5.12. The van der Waals surface area contributed by atoms with Gasteiger partial charge in [-0.15, -0.1) is 0 Å². The molecule has 6 heteroatoms. The summed E-state index contributed by atoms with van der Waals surface area (Å²) in [6.45, 7) is 0.216. The first-order valence-electron chi connectivity index (χ1n) is 7.22. The molecule has 1 aromatic heterocycles. The van der Waals surface area contributed by atoms with Gasteiger partial charge in [-0.25, -0.2) is 9.18 Å². The zero-order chi connectivity index (χ0) is 17.1. The van der Waals surface area contributed by atoms with Crippen LogP contribution in [0.4, 0.5) is 4.39 Å². The highest BCUT2D eigenvalue weighted by Crippen LogP contribution is 2.17. The van der Waals surface area contributed by atoms with Crippen LogP contribution in [0.1, 0.15) is 16.1 Å². The van der Waals surface area contributed by atoms with E-state index in [2.05, 4.69) is 5.32 Å². The van der Waals surface area contributed by atoms with Crippen molar-refractivity contribution in [1.29, 1.82) is 0 Å². The third kappa shape index (κ3) is 3.12. The number of carbonyl (C=O) groups excluding carboxylic acids is 1. The highest BCUT2D eigenvalue weighted by Gasteiger charge is 2.13. The minimum Gasteiger partial charge on any atom is -0.496 e. The van der Waals surface area contributed by atoms with Crippen LogP contribution in [0, 0.1) is 5.82 Å². The molecule has 0 aliphatic carbocycles. The number of fused-ring (bicyclic) bond motifs is 1. The van der Waals surface area contributed by atoms with Gasteiger partial charge in [0.15, 0.2) is 5.76 Å². The smallest absolute Gasteiger partial charge is 0.344 e. The number of nitrogens with one attached hydrogen (secondary N) is 1. The lowest BCUT2D eigenvalue weighted by molar-refractivity contribution is 0.0919. The van der Waals surface area contributed by atoms with Gasteiger partial charge in [-0.1, -0.05) is 24.3 Å². The highest BCUT2D eigenvalue weighted by molar-refractivity contribution is 5.95. The molecule has 2 aromatic carbocycles. The number of rotatable bonds is 4. The second-order valence-electron chi connectivity index (χ2n) is 5.12. The van der Waals surface area contributed by atoms with Gasteiger partial charge >= 0.3 is 5.63 Å². The fourth-order valence-electron chi connectivity index (χ4n) is 2.38. The Hall–Kier alpha value is -3.15. The van der Waals surface area contributed by atoms with Gasteiger partial charge in [-0.3, -0.25) is 4.79 Å². The molecule has 0 saturated carbocycles. The number of methoxy groups -OCH3 is 1. The zero-order valence-electron chi connectivity index (χ0n) is 12.8. The standard InChI is InChI=1S/C18H14FNO4/c1-23-15-5-3-2-4-12(15)10-20-17(21)16-8-11-6-7-13(19)9-14(11)18(22)24-16/h2-9H,10H2,1H3,(H,20,21). The lowest BCUT2D eigenvalue weighted by Gasteiger charge is -2.09. The van der Waals surface area contributed by atoms with E-state index in [1.165, 1.54) is 18.2 Å². The molecule has 0 atom stereocenters. The number of para-hydroxylation sites is 1.